The molecule has 1 N–H and O–H groups in total. The zero-order valence-corrected chi connectivity index (χ0v) is 36.0. The fourth-order valence-corrected chi connectivity index (χ4v) is 13.2. The van der Waals surface area contributed by atoms with E-state index in [9.17, 15) is 0 Å². The smallest absolute Gasteiger partial charge is 0.0844 e. The average Bonchev–Trinajstić information content (AvgIpc) is 3.76. The van der Waals surface area contributed by atoms with Gasteiger partial charge in [0.1, 0.15) is 0 Å². The van der Waals surface area contributed by atoms with E-state index < -0.39 is 0 Å². The van der Waals surface area contributed by atoms with E-state index in [-0.39, 0.29) is 6.61 Å². The van der Waals surface area contributed by atoms with Gasteiger partial charge in [-0.1, -0.05) is 94.1 Å². The number of rotatable bonds is 19. The lowest BCUT2D eigenvalue weighted by molar-refractivity contribution is 0.0261. The second kappa shape index (κ2) is 21.5. The molecule has 57 heavy (non-hydrogen) atoms. The third-order valence-corrected chi connectivity index (χ3v) is 16.6. The predicted octanol–water partition coefficient (Wildman–Crippen LogP) is 11.7. The Morgan fingerprint density at radius 1 is 0.526 bits per heavy atom. The van der Waals surface area contributed by atoms with Gasteiger partial charge in [-0.15, -0.1) is 0 Å². The van der Waals surface area contributed by atoms with E-state index in [0.29, 0.717) is 38.1 Å². The van der Waals surface area contributed by atoms with Crippen molar-refractivity contribution in [3.63, 3.8) is 0 Å². The normalized spacial score (nSPS) is 42.1. The van der Waals surface area contributed by atoms with Gasteiger partial charge in [0, 0.05) is 13.2 Å². The zero-order valence-electron chi connectivity index (χ0n) is 36.0. The first kappa shape index (κ1) is 42.5. The van der Waals surface area contributed by atoms with E-state index in [2.05, 4.69) is 55.5 Å². The number of hydrogen-bond acceptors (Lipinski definition) is 5. The number of epoxide rings is 2. The molecule has 11 rings (SSSR count). The molecule has 2 heterocycles. The molecule has 5 nitrogen and oxygen atoms in total. The van der Waals surface area contributed by atoms with E-state index in [1.807, 2.05) is 0 Å². The Morgan fingerprint density at radius 3 is 1.63 bits per heavy atom. The highest BCUT2D eigenvalue weighted by Gasteiger charge is 2.49. The predicted molar refractivity (Wildman–Crippen MR) is 232 cm³/mol. The summed E-state index contributed by atoms with van der Waals surface area (Å²) in [4.78, 5) is 0. The van der Waals surface area contributed by atoms with Crippen molar-refractivity contribution in [2.45, 2.75) is 160 Å². The van der Waals surface area contributed by atoms with Gasteiger partial charge in [-0.2, -0.15) is 0 Å². The molecule has 320 valence electrons. The van der Waals surface area contributed by atoms with Crippen LogP contribution in [-0.4, -0.2) is 63.1 Å². The SMILES string of the molecule is C1=CC2CC1CC2C1CCC2OC2C1.C1=CC2CC1CC2CCCCC1CO1.CCCCCCC1CC2C=CC1C2.OCCCOCCOCC1CC2C=CC1C2. The number of ether oxygens (including phenoxy) is 4. The minimum Gasteiger partial charge on any atom is -0.396 e. The zero-order chi connectivity index (χ0) is 38.8. The summed E-state index contributed by atoms with van der Waals surface area (Å²) in [5.74, 6) is 12.2. The maximum atomic E-state index is 8.56. The monoisotopic (exact) mass is 787 g/mol. The van der Waals surface area contributed by atoms with E-state index in [0.717, 1.165) is 96.6 Å². The quantitative estimate of drug-likeness (QED) is 0.0802. The van der Waals surface area contributed by atoms with Gasteiger partial charge in [0.15, 0.2) is 0 Å². The highest BCUT2D eigenvalue weighted by molar-refractivity contribution is 5.13. The van der Waals surface area contributed by atoms with Crippen LogP contribution in [0.25, 0.3) is 0 Å². The number of aliphatic hydroxyl groups excluding tert-OH is 1. The van der Waals surface area contributed by atoms with Crippen molar-refractivity contribution in [2.75, 3.05) is 39.6 Å². The Bertz CT molecular complexity index is 1320. The number of fused-ring (bicyclic) bond motifs is 9. The summed E-state index contributed by atoms with van der Waals surface area (Å²) in [6.07, 6.45) is 50.9. The molecule has 5 saturated carbocycles. The molecule has 16 unspecified atom stereocenters. The molecule has 0 aromatic heterocycles. The summed E-state index contributed by atoms with van der Waals surface area (Å²) < 4.78 is 21.8. The molecule has 2 saturated heterocycles. The van der Waals surface area contributed by atoms with Crippen LogP contribution in [0, 0.1) is 76.9 Å². The second-order valence-corrected chi connectivity index (χ2v) is 20.7. The van der Waals surface area contributed by atoms with Gasteiger partial charge in [-0.05, 0) is 173 Å². The van der Waals surface area contributed by atoms with Crippen LogP contribution in [0.4, 0.5) is 0 Å². The van der Waals surface area contributed by atoms with Crippen molar-refractivity contribution >= 4 is 0 Å². The minimum atomic E-state index is 0.207. The molecule has 7 fully saturated rings. The van der Waals surface area contributed by atoms with E-state index in [1.54, 1.807) is 0 Å². The molecule has 11 aliphatic rings. The van der Waals surface area contributed by atoms with Gasteiger partial charge in [0.05, 0.1) is 44.7 Å². The second-order valence-electron chi connectivity index (χ2n) is 20.7. The van der Waals surface area contributed by atoms with Crippen LogP contribution in [0.5, 0.6) is 0 Å². The Balaban J connectivity index is 0.000000107. The molecule has 0 spiro atoms. The lowest BCUT2D eigenvalue weighted by Gasteiger charge is -2.29. The van der Waals surface area contributed by atoms with Crippen molar-refractivity contribution in [3.8, 4) is 0 Å². The van der Waals surface area contributed by atoms with Gasteiger partial charge >= 0.3 is 0 Å². The average molecular weight is 787 g/mol. The largest absolute Gasteiger partial charge is 0.396 e. The Hall–Kier alpha value is -1.24. The van der Waals surface area contributed by atoms with Gasteiger partial charge in [-0.25, -0.2) is 0 Å². The van der Waals surface area contributed by atoms with Crippen LogP contribution < -0.4 is 0 Å². The third kappa shape index (κ3) is 12.4. The van der Waals surface area contributed by atoms with Gasteiger partial charge in [0.25, 0.3) is 0 Å². The van der Waals surface area contributed by atoms with Crippen LogP contribution >= 0.6 is 0 Å². The molecule has 2 aliphatic heterocycles. The van der Waals surface area contributed by atoms with Crippen LogP contribution in [0.3, 0.4) is 0 Å². The highest BCUT2D eigenvalue weighted by atomic mass is 16.6. The van der Waals surface area contributed by atoms with Crippen LogP contribution in [0.2, 0.25) is 0 Å². The van der Waals surface area contributed by atoms with Gasteiger partial charge in [-0.3, -0.25) is 0 Å². The molecule has 0 radical (unpaired) electrons. The van der Waals surface area contributed by atoms with Crippen molar-refractivity contribution in [2.24, 2.45) is 76.9 Å². The summed E-state index contributed by atoms with van der Waals surface area (Å²) in [7, 11) is 0. The third-order valence-electron chi connectivity index (χ3n) is 16.6. The lowest BCUT2D eigenvalue weighted by Crippen LogP contribution is -2.24. The molecule has 0 aromatic carbocycles. The summed E-state index contributed by atoms with van der Waals surface area (Å²) in [5.41, 5.74) is 0. The van der Waals surface area contributed by atoms with Crippen molar-refractivity contribution < 1.29 is 24.1 Å². The van der Waals surface area contributed by atoms with E-state index >= 15 is 0 Å². The van der Waals surface area contributed by atoms with E-state index in [1.165, 1.54) is 128 Å². The van der Waals surface area contributed by atoms with Crippen molar-refractivity contribution in [1.82, 2.24) is 0 Å². The first-order chi connectivity index (χ1) is 28.1. The lowest BCUT2D eigenvalue weighted by atomic mass is 9.74. The van der Waals surface area contributed by atoms with Crippen LogP contribution in [-0.2, 0) is 18.9 Å². The molecule has 16 atom stereocenters. The highest BCUT2D eigenvalue weighted by Crippen LogP contribution is 2.53. The number of allylic oxidation sites excluding steroid dienone is 8. The molecule has 0 aromatic rings. The summed E-state index contributed by atoms with van der Waals surface area (Å²) in [6, 6.07) is 0. The van der Waals surface area contributed by atoms with Gasteiger partial charge in [0.2, 0.25) is 0 Å². The minimum absolute atomic E-state index is 0.207. The first-order valence-electron chi connectivity index (χ1n) is 24.9. The maximum absolute atomic E-state index is 8.56. The Labute approximate surface area is 348 Å². The van der Waals surface area contributed by atoms with Crippen LogP contribution in [0.15, 0.2) is 48.6 Å². The fourth-order valence-electron chi connectivity index (χ4n) is 13.2. The number of unbranched alkanes of at least 4 members (excludes halogenated alkanes) is 4. The summed E-state index contributed by atoms with van der Waals surface area (Å²) >= 11 is 0. The molecular formula is C52H82O5. The van der Waals surface area contributed by atoms with Gasteiger partial charge < -0.3 is 24.1 Å². The Morgan fingerprint density at radius 2 is 1.11 bits per heavy atom. The molecule has 9 aliphatic carbocycles. The summed E-state index contributed by atoms with van der Waals surface area (Å²) in [6.45, 7) is 6.39. The number of aliphatic hydroxyl groups is 1. The van der Waals surface area contributed by atoms with Crippen molar-refractivity contribution in [3.05, 3.63) is 48.6 Å². The maximum Gasteiger partial charge on any atom is 0.0844 e. The fraction of sp³-hybridized carbons (Fsp3) is 0.846. The summed E-state index contributed by atoms with van der Waals surface area (Å²) in [5, 5.41) is 8.56. The topological polar surface area (TPSA) is 63.8 Å². The molecule has 0 amide bonds. The van der Waals surface area contributed by atoms with E-state index in [4.69, 9.17) is 24.1 Å². The van der Waals surface area contributed by atoms with Crippen molar-refractivity contribution in [1.29, 1.82) is 0 Å². The molecular weight excluding hydrogens is 705 g/mol. The first-order valence-corrected chi connectivity index (χ1v) is 24.9. The standard InChI is InChI=1S/C13H22O3.C13H18O.C13H20O.C13H22/c14-4-1-5-15-6-7-16-10-13-9-11-2-3-12(13)8-11;1-2-9-5-8(1)6-11(9)10-3-4-12-13(7-10)14-12;1(2-4-13-9-14-13)3-11-7-10-5-6-12(11)8-10;1-2-3-4-5-6-12-9-11-7-8-13(12)10-11/h2-3,11-14H,1,4-10H2;1-2,8-13H,3-7H2;5-6,10-13H,1-4,7-9H2;7-8,11-13H,2-6,9-10H2,1H3. The van der Waals surface area contributed by atoms with Crippen LogP contribution in [0.1, 0.15) is 142 Å². The number of hydrogen-bond donors (Lipinski definition) is 1. The Kier molecular flexibility index (Phi) is 16.0. The molecule has 5 heteroatoms. The molecule has 8 bridgehead atoms.